The van der Waals surface area contributed by atoms with Crippen molar-refractivity contribution in [2.45, 2.75) is 0 Å². The Morgan fingerprint density at radius 2 is 2.14 bits per heavy atom. The first-order valence-electron chi connectivity index (χ1n) is 4.19. The second kappa shape index (κ2) is 4.03. The summed E-state index contributed by atoms with van der Waals surface area (Å²) >= 11 is 11.9. The summed E-state index contributed by atoms with van der Waals surface area (Å²) in [5.41, 5.74) is 0.837. The molecule has 0 spiro atoms. The van der Waals surface area contributed by atoms with Crippen molar-refractivity contribution in [2.24, 2.45) is 4.99 Å². The van der Waals surface area contributed by atoms with Gasteiger partial charge in [-0.05, 0) is 24.3 Å². The molecule has 0 saturated carbocycles. The van der Waals surface area contributed by atoms with Gasteiger partial charge in [-0.1, -0.05) is 23.2 Å². The number of halogens is 2. The lowest BCUT2D eigenvalue weighted by Crippen LogP contribution is -2.22. The number of nitrogens with zero attached hydrogens (tertiary/aromatic N) is 1. The van der Waals surface area contributed by atoms with E-state index in [2.05, 4.69) is 10.3 Å². The minimum Gasteiger partial charge on any atom is -0.347 e. The summed E-state index contributed by atoms with van der Waals surface area (Å²) in [5.74, 6) is 0.764. The maximum Gasteiger partial charge on any atom is 0.134 e. The molecule has 4 heteroatoms. The molecule has 0 amide bonds. The van der Waals surface area contributed by atoms with Crippen LogP contribution in [0.25, 0.3) is 0 Å². The van der Waals surface area contributed by atoms with E-state index in [0.29, 0.717) is 16.6 Å². The molecule has 0 saturated heterocycles. The molecule has 1 N–H and O–H groups in total. The van der Waals surface area contributed by atoms with Crippen LogP contribution < -0.4 is 5.32 Å². The van der Waals surface area contributed by atoms with E-state index in [-0.39, 0.29) is 0 Å². The van der Waals surface area contributed by atoms with Gasteiger partial charge in [0.2, 0.25) is 0 Å². The fraction of sp³-hybridized carbons (Fsp3) is 0.100. The van der Waals surface area contributed by atoms with Gasteiger partial charge < -0.3 is 5.32 Å². The number of aliphatic imine (C=N–C) groups is 1. The van der Waals surface area contributed by atoms with Crippen molar-refractivity contribution < 1.29 is 0 Å². The zero-order valence-electron chi connectivity index (χ0n) is 7.30. The molecule has 0 fully saturated rings. The van der Waals surface area contributed by atoms with Crippen LogP contribution in [0.3, 0.4) is 0 Å². The molecule has 1 aromatic carbocycles. The normalized spacial score (nSPS) is 14.9. The third-order valence-electron chi connectivity index (χ3n) is 1.88. The lowest BCUT2D eigenvalue weighted by Gasteiger charge is -2.11. The van der Waals surface area contributed by atoms with Crippen molar-refractivity contribution in [1.29, 1.82) is 0 Å². The van der Waals surface area contributed by atoms with Crippen molar-refractivity contribution in [1.82, 2.24) is 5.32 Å². The molecular formula is C10H8Cl2N2. The molecule has 0 unspecified atom stereocenters. The Kier molecular flexibility index (Phi) is 2.75. The minimum atomic E-state index is 0.649. The smallest absolute Gasteiger partial charge is 0.134 e. The van der Waals surface area contributed by atoms with Crippen molar-refractivity contribution in [3.8, 4) is 0 Å². The third-order valence-corrected chi connectivity index (χ3v) is 2.44. The molecule has 0 radical (unpaired) electrons. The predicted molar refractivity (Wildman–Crippen MR) is 60.1 cm³/mol. The molecule has 0 aliphatic carbocycles. The van der Waals surface area contributed by atoms with E-state index in [9.17, 15) is 0 Å². The first-order chi connectivity index (χ1) is 6.77. The van der Waals surface area contributed by atoms with Gasteiger partial charge in [0.25, 0.3) is 0 Å². The van der Waals surface area contributed by atoms with Gasteiger partial charge in [-0.3, -0.25) is 4.99 Å². The standard InChI is InChI=1S/C10H8Cl2N2/c11-7-2-3-9(12)8(6-7)10-13-4-1-5-14-10/h1-4,6H,5H2,(H,13,14). The highest BCUT2D eigenvalue weighted by Crippen LogP contribution is 2.21. The quantitative estimate of drug-likeness (QED) is 0.783. The topological polar surface area (TPSA) is 24.4 Å². The minimum absolute atomic E-state index is 0.649. The summed E-state index contributed by atoms with van der Waals surface area (Å²) in [6.45, 7) is 0.672. The van der Waals surface area contributed by atoms with E-state index >= 15 is 0 Å². The summed E-state index contributed by atoms with van der Waals surface area (Å²) in [7, 11) is 0. The van der Waals surface area contributed by atoms with Crippen molar-refractivity contribution in [3.05, 3.63) is 46.1 Å². The molecule has 2 rings (SSSR count). The van der Waals surface area contributed by atoms with Gasteiger partial charge in [-0.2, -0.15) is 0 Å². The van der Waals surface area contributed by atoms with Crippen LogP contribution in [0.4, 0.5) is 0 Å². The fourth-order valence-corrected chi connectivity index (χ4v) is 1.60. The van der Waals surface area contributed by atoms with Crippen LogP contribution in [0, 0.1) is 0 Å². The molecule has 0 aromatic heterocycles. The monoisotopic (exact) mass is 226 g/mol. The molecule has 0 atom stereocenters. The number of benzene rings is 1. The summed E-state index contributed by atoms with van der Waals surface area (Å²) in [6.07, 6.45) is 3.78. The van der Waals surface area contributed by atoms with Crippen LogP contribution in [0.5, 0.6) is 0 Å². The second-order valence-corrected chi connectivity index (χ2v) is 3.70. The Morgan fingerprint density at radius 3 is 2.86 bits per heavy atom. The molecule has 72 valence electrons. The van der Waals surface area contributed by atoms with Crippen molar-refractivity contribution in [2.75, 3.05) is 6.54 Å². The maximum atomic E-state index is 6.03. The van der Waals surface area contributed by atoms with Crippen LogP contribution in [0.2, 0.25) is 10.0 Å². The Balaban J connectivity index is 2.40. The number of rotatable bonds is 1. The summed E-state index contributed by atoms with van der Waals surface area (Å²) in [6, 6.07) is 5.32. The van der Waals surface area contributed by atoms with Crippen molar-refractivity contribution >= 4 is 29.0 Å². The van der Waals surface area contributed by atoms with E-state index in [1.807, 2.05) is 12.3 Å². The molecular weight excluding hydrogens is 219 g/mol. The highest BCUT2D eigenvalue weighted by molar-refractivity contribution is 6.36. The number of hydrogen-bond acceptors (Lipinski definition) is 2. The van der Waals surface area contributed by atoms with Crippen LogP contribution in [0.15, 0.2) is 35.5 Å². The second-order valence-electron chi connectivity index (χ2n) is 2.86. The predicted octanol–water partition coefficient (Wildman–Crippen LogP) is 2.86. The largest absolute Gasteiger partial charge is 0.347 e. The highest BCUT2D eigenvalue weighted by atomic mass is 35.5. The van der Waals surface area contributed by atoms with Crippen molar-refractivity contribution in [3.63, 3.8) is 0 Å². The van der Waals surface area contributed by atoms with Gasteiger partial charge in [0.05, 0.1) is 11.6 Å². The lowest BCUT2D eigenvalue weighted by molar-refractivity contribution is 1.10. The van der Waals surface area contributed by atoms with E-state index in [1.165, 1.54) is 0 Å². The first kappa shape index (κ1) is 9.56. The molecule has 2 nitrogen and oxygen atoms in total. The Labute approximate surface area is 92.2 Å². The van der Waals surface area contributed by atoms with Gasteiger partial charge in [-0.25, -0.2) is 0 Å². The van der Waals surface area contributed by atoms with E-state index in [4.69, 9.17) is 23.2 Å². The van der Waals surface area contributed by atoms with Crippen LogP contribution in [-0.4, -0.2) is 12.4 Å². The molecule has 14 heavy (non-hydrogen) atoms. The molecule has 1 aromatic rings. The van der Waals surface area contributed by atoms with Crippen LogP contribution >= 0.6 is 23.2 Å². The number of nitrogens with one attached hydrogen (secondary N) is 1. The average molecular weight is 227 g/mol. The highest BCUT2D eigenvalue weighted by Gasteiger charge is 2.08. The van der Waals surface area contributed by atoms with Gasteiger partial charge >= 0.3 is 0 Å². The van der Waals surface area contributed by atoms with Crippen LogP contribution in [-0.2, 0) is 0 Å². The SMILES string of the molecule is Clc1ccc(Cl)c(C2=NCC=CN2)c1. The summed E-state index contributed by atoms with van der Waals surface area (Å²) in [5, 5.41) is 4.33. The Hall–Kier alpha value is -0.990. The summed E-state index contributed by atoms with van der Waals surface area (Å²) in [4.78, 5) is 4.28. The van der Waals surface area contributed by atoms with E-state index in [0.717, 1.165) is 11.4 Å². The average Bonchev–Trinajstić information content (AvgIpc) is 2.23. The van der Waals surface area contributed by atoms with Gasteiger partial charge in [0.1, 0.15) is 5.84 Å². The number of amidine groups is 1. The molecule has 1 aliphatic rings. The van der Waals surface area contributed by atoms with E-state index in [1.54, 1.807) is 18.2 Å². The molecule has 0 bridgehead atoms. The molecule has 1 heterocycles. The third kappa shape index (κ3) is 1.91. The van der Waals surface area contributed by atoms with Gasteiger partial charge in [-0.15, -0.1) is 0 Å². The zero-order valence-corrected chi connectivity index (χ0v) is 8.81. The fourth-order valence-electron chi connectivity index (χ4n) is 1.22. The Morgan fingerprint density at radius 1 is 1.29 bits per heavy atom. The van der Waals surface area contributed by atoms with Gasteiger partial charge in [0, 0.05) is 16.8 Å². The van der Waals surface area contributed by atoms with Crippen LogP contribution in [0.1, 0.15) is 5.56 Å². The summed E-state index contributed by atoms with van der Waals surface area (Å²) < 4.78 is 0. The lowest BCUT2D eigenvalue weighted by atomic mass is 10.2. The Bertz CT molecular complexity index is 411. The maximum absolute atomic E-state index is 6.03. The van der Waals surface area contributed by atoms with E-state index < -0.39 is 0 Å². The zero-order chi connectivity index (χ0) is 9.97. The number of hydrogen-bond donors (Lipinski definition) is 1. The van der Waals surface area contributed by atoms with Gasteiger partial charge in [0.15, 0.2) is 0 Å². The molecule has 1 aliphatic heterocycles. The first-order valence-corrected chi connectivity index (χ1v) is 4.94.